The first-order valence-corrected chi connectivity index (χ1v) is 7.53. The van der Waals surface area contributed by atoms with Crippen LogP contribution in [0.25, 0.3) is 0 Å². The molecule has 1 aromatic heterocycles. The lowest BCUT2D eigenvalue weighted by Crippen LogP contribution is -2.32. The number of hydrogen-bond acceptors (Lipinski definition) is 5. The molecule has 2 atom stereocenters. The number of aliphatic hydroxyl groups excluding tert-OH is 1. The summed E-state index contributed by atoms with van der Waals surface area (Å²) in [6, 6.07) is 4.26. The molecule has 2 heterocycles. The zero-order valence-corrected chi connectivity index (χ0v) is 12.5. The summed E-state index contributed by atoms with van der Waals surface area (Å²) in [7, 11) is 0. The second-order valence-electron chi connectivity index (χ2n) is 5.24. The Kier molecular flexibility index (Phi) is 4.07. The van der Waals surface area contributed by atoms with E-state index in [4.69, 9.17) is 0 Å². The average Bonchev–Trinajstić information content (AvgIpc) is 3.15. The highest BCUT2D eigenvalue weighted by Crippen LogP contribution is 2.40. The van der Waals surface area contributed by atoms with Crippen molar-refractivity contribution < 1.29 is 23.1 Å². The monoisotopic (exact) mass is 343 g/mol. The molecular weight excluding hydrogens is 331 g/mol. The Morgan fingerprint density at radius 1 is 1.35 bits per heavy atom. The fourth-order valence-electron chi connectivity index (χ4n) is 2.78. The van der Waals surface area contributed by atoms with Crippen molar-refractivity contribution in [1.82, 2.24) is 13.6 Å². The third-order valence-corrected chi connectivity index (χ3v) is 4.22. The molecule has 2 aromatic rings. The van der Waals surface area contributed by atoms with Crippen molar-refractivity contribution in [1.29, 1.82) is 0 Å². The predicted octanol–water partition coefficient (Wildman–Crippen LogP) is 2.51. The largest absolute Gasteiger partial charge is 0.416 e. The van der Waals surface area contributed by atoms with E-state index in [1.807, 2.05) is 0 Å². The maximum absolute atomic E-state index is 13.2. The van der Waals surface area contributed by atoms with Crippen LogP contribution in [0.3, 0.4) is 0 Å². The summed E-state index contributed by atoms with van der Waals surface area (Å²) < 4.78 is 47.2. The van der Waals surface area contributed by atoms with Gasteiger partial charge in [-0.05, 0) is 18.1 Å². The number of aromatic nitrogens is 2. The molecule has 0 aliphatic carbocycles. The van der Waals surface area contributed by atoms with Gasteiger partial charge in [-0.3, -0.25) is 4.79 Å². The molecule has 0 unspecified atom stereocenters. The summed E-state index contributed by atoms with van der Waals surface area (Å²) in [6.07, 6.45) is -4.08. The lowest BCUT2D eigenvalue weighted by molar-refractivity contribution is -0.138. The smallest absolute Gasteiger partial charge is 0.391 e. The van der Waals surface area contributed by atoms with Crippen molar-refractivity contribution in [2.45, 2.75) is 24.7 Å². The number of amides is 1. The van der Waals surface area contributed by atoms with Crippen LogP contribution in [-0.4, -0.2) is 37.3 Å². The second-order valence-corrected chi connectivity index (χ2v) is 5.80. The van der Waals surface area contributed by atoms with Crippen molar-refractivity contribution in [3.05, 3.63) is 47.3 Å². The van der Waals surface area contributed by atoms with Crippen molar-refractivity contribution in [2.75, 3.05) is 6.54 Å². The first-order valence-electron chi connectivity index (χ1n) is 6.80. The van der Waals surface area contributed by atoms with Gasteiger partial charge in [0.25, 0.3) is 5.91 Å². The number of alkyl halides is 3. The van der Waals surface area contributed by atoms with E-state index in [9.17, 15) is 23.1 Å². The minimum Gasteiger partial charge on any atom is -0.391 e. The highest BCUT2D eigenvalue weighted by Gasteiger charge is 2.41. The standard InChI is InChI=1S/C14H12F3N3O2S/c15-14(16,17)10-4-2-1-3-9(10)12-5-8(21)7-20(12)13(22)11-6-18-23-19-11/h1-4,6,8,12,21H,5,7H2/t8-,12-/m0/s1. The van der Waals surface area contributed by atoms with E-state index in [-0.39, 0.29) is 24.2 Å². The van der Waals surface area contributed by atoms with Gasteiger partial charge in [-0.1, -0.05) is 18.2 Å². The van der Waals surface area contributed by atoms with E-state index < -0.39 is 29.8 Å². The van der Waals surface area contributed by atoms with Gasteiger partial charge in [-0.2, -0.15) is 21.9 Å². The second kappa shape index (κ2) is 5.89. The maximum atomic E-state index is 13.2. The van der Waals surface area contributed by atoms with Crippen LogP contribution in [0.5, 0.6) is 0 Å². The van der Waals surface area contributed by atoms with Crippen LogP contribution in [0, 0.1) is 0 Å². The van der Waals surface area contributed by atoms with Crippen molar-refractivity contribution in [3.63, 3.8) is 0 Å². The number of benzene rings is 1. The molecule has 5 nitrogen and oxygen atoms in total. The zero-order valence-electron chi connectivity index (χ0n) is 11.7. The Hall–Kier alpha value is -2.00. The summed E-state index contributed by atoms with van der Waals surface area (Å²) in [5.41, 5.74) is -0.750. The summed E-state index contributed by atoms with van der Waals surface area (Å²) in [5.74, 6) is -0.530. The van der Waals surface area contributed by atoms with Gasteiger partial charge in [0.1, 0.15) is 0 Å². The predicted molar refractivity (Wildman–Crippen MR) is 75.8 cm³/mol. The number of aliphatic hydroxyl groups is 1. The van der Waals surface area contributed by atoms with E-state index in [0.29, 0.717) is 0 Å². The van der Waals surface area contributed by atoms with Gasteiger partial charge in [0.15, 0.2) is 5.69 Å². The summed E-state index contributed by atoms with van der Waals surface area (Å²) >= 11 is 0.842. The zero-order chi connectivity index (χ0) is 16.6. The minimum atomic E-state index is -4.53. The molecule has 23 heavy (non-hydrogen) atoms. The number of β-amino-alcohol motifs (C(OH)–C–C–N with tert-alkyl or cyclic N) is 1. The minimum absolute atomic E-state index is 0.0203. The number of rotatable bonds is 2. The fourth-order valence-corrected chi connectivity index (χ4v) is 3.19. The van der Waals surface area contributed by atoms with Crippen LogP contribution in [0.2, 0.25) is 0 Å². The SMILES string of the molecule is O=C(c1cnsn1)N1C[C@@H](O)C[C@H]1c1ccccc1C(F)(F)F. The van der Waals surface area contributed by atoms with Gasteiger partial charge >= 0.3 is 6.18 Å². The summed E-state index contributed by atoms with van der Waals surface area (Å²) in [6.45, 7) is -0.0345. The molecule has 0 spiro atoms. The lowest BCUT2D eigenvalue weighted by Gasteiger charge is -2.26. The molecular formula is C14H12F3N3O2S. The molecule has 1 fully saturated rings. The Balaban J connectivity index is 2.00. The molecule has 122 valence electrons. The Morgan fingerprint density at radius 3 is 2.74 bits per heavy atom. The van der Waals surface area contributed by atoms with Crippen LogP contribution >= 0.6 is 11.7 Å². The van der Waals surface area contributed by atoms with E-state index in [1.165, 1.54) is 29.3 Å². The van der Waals surface area contributed by atoms with Crippen molar-refractivity contribution >= 4 is 17.6 Å². The number of halogens is 3. The molecule has 1 saturated heterocycles. The number of hydrogen-bond donors (Lipinski definition) is 1. The molecule has 0 radical (unpaired) electrons. The molecule has 1 aliphatic heterocycles. The third kappa shape index (κ3) is 3.06. The van der Waals surface area contributed by atoms with E-state index in [2.05, 4.69) is 8.75 Å². The van der Waals surface area contributed by atoms with Crippen LogP contribution in [0.1, 0.15) is 34.1 Å². The van der Waals surface area contributed by atoms with Gasteiger partial charge < -0.3 is 10.0 Å². The summed E-state index contributed by atoms with van der Waals surface area (Å²) in [5, 5.41) is 9.86. The van der Waals surface area contributed by atoms with E-state index >= 15 is 0 Å². The first kappa shape index (κ1) is 15.9. The topological polar surface area (TPSA) is 66.3 Å². The number of carbonyl (C=O) groups is 1. The molecule has 9 heteroatoms. The normalized spacial score (nSPS) is 21.7. The quantitative estimate of drug-likeness (QED) is 0.910. The molecule has 1 N–H and O–H groups in total. The Labute approximate surface area is 133 Å². The third-order valence-electron chi connectivity index (χ3n) is 3.75. The lowest BCUT2D eigenvalue weighted by atomic mass is 9.97. The van der Waals surface area contributed by atoms with Gasteiger partial charge in [-0.15, -0.1) is 0 Å². The molecule has 0 bridgehead atoms. The Bertz CT molecular complexity index is 706. The van der Waals surface area contributed by atoms with Gasteiger partial charge in [0.05, 0.1) is 35.6 Å². The molecule has 1 aliphatic rings. The first-order chi connectivity index (χ1) is 10.9. The summed E-state index contributed by atoms with van der Waals surface area (Å²) in [4.78, 5) is 13.7. The highest BCUT2D eigenvalue weighted by molar-refractivity contribution is 6.99. The van der Waals surface area contributed by atoms with Crippen LogP contribution in [0.4, 0.5) is 13.2 Å². The maximum Gasteiger partial charge on any atom is 0.416 e. The molecule has 1 aromatic carbocycles. The van der Waals surface area contributed by atoms with Crippen LogP contribution in [0.15, 0.2) is 30.5 Å². The van der Waals surface area contributed by atoms with Crippen LogP contribution in [-0.2, 0) is 6.18 Å². The van der Waals surface area contributed by atoms with Crippen molar-refractivity contribution in [2.24, 2.45) is 0 Å². The average molecular weight is 343 g/mol. The molecule has 0 saturated carbocycles. The fraction of sp³-hybridized carbons (Fsp3) is 0.357. The van der Waals surface area contributed by atoms with Crippen LogP contribution < -0.4 is 0 Å². The van der Waals surface area contributed by atoms with Gasteiger partial charge in [0, 0.05) is 6.54 Å². The number of nitrogens with zero attached hydrogens (tertiary/aromatic N) is 3. The number of carbonyl (C=O) groups excluding carboxylic acids is 1. The molecule has 1 amide bonds. The Morgan fingerprint density at radius 2 is 2.09 bits per heavy atom. The van der Waals surface area contributed by atoms with E-state index in [0.717, 1.165) is 17.8 Å². The number of likely N-dealkylation sites (tertiary alicyclic amines) is 1. The van der Waals surface area contributed by atoms with Crippen molar-refractivity contribution in [3.8, 4) is 0 Å². The highest BCUT2D eigenvalue weighted by atomic mass is 32.1. The van der Waals surface area contributed by atoms with E-state index in [1.54, 1.807) is 0 Å². The molecule has 3 rings (SSSR count). The van der Waals surface area contributed by atoms with Gasteiger partial charge in [0.2, 0.25) is 0 Å². The van der Waals surface area contributed by atoms with Gasteiger partial charge in [-0.25, -0.2) is 0 Å².